The predicted molar refractivity (Wildman–Crippen MR) is 100.0 cm³/mol. The van der Waals surface area contributed by atoms with E-state index < -0.39 is 0 Å². The van der Waals surface area contributed by atoms with Gasteiger partial charge < -0.3 is 9.47 Å². The molecule has 3 aromatic rings. The second-order valence-corrected chi connectivity index (χ2v) is 6.47. The molecule has 0 fully saturated rings. The largest absolute Gasteiger partial charge is 0.493 e. The molecule has 0 N–H and O–H groups in total. The Labute approximate surface area is 155 Å². The number of benzene rings is 2. The van der Waals surface area contributed by atoms with Crippen molar-refractivity contribution in [1.82, 2.24) is 9.55 Å². The first kappa shape index (κ1) is 16.7. The third-order valence-corrected chi connectivity index (χ3v) is 4.68. The van der Waals surface area contributed by atoms with Crippen molar-refractivity contribution in [3.63, 3.8) is 0 Å². The van der Waals surface area contributed by atoms with Crippen molar-refractivity contribution >= 4 is 11.6 Å². The molecule has 132 valence electrons. The Morgan fingerprint density at radius 1 is 1.15 bits per heavy atom. The molecule has 4 rings (SSSR count). The Kier molecular flexibility index (Phi) is 4.39. The highest BCUT2D eigenvalue weighted by molar-refractivity contribution is 6.29. The number of fused-ring (bicyclic) bond motifs is 3. The van der Waals surface area contributed by atoms with Gasteiger partial charge in [-0.3, -0.25) is 4.57 Å². The van der Waals surface area contributed by atoms with Crippen LogP contribution >= 0.6 is 11.6 Å². The van der Waals surface area contributed by atoms with E-state index in [9.17, 15) is 4.79 Å². The Bertz CT molecular complexity index is 1020. The normalized spacial score (nSPS) is 12.2. The summed E-state index contributed by atoms with van der Waals surface area (Å²) in [6.45, 7) is 0.999. The van der Waals surface area contributed by atoms with E-state index in [2.05, 4.69) is 4.98 Å². The summed E-state index contributed by atoms with van der Waals surface area (Å²) in [7, 11) is 1.62. The fourth-order valence-corrected chi connectivity index (χ4v) is 3.38. The number of nitrogens with zero attached hydrogens (tertiary/aromatic N) is 2. The maximum Gasteiger partial charge on any atom is 0.349 e. The lowest BCUT2D eigenvalue weighted by Crippen LogP contribution is -2.28. The highest BCUT2D eigenvalue weighted by Crippen LogP contribution is 2.38. The molecule has 26 heavy (non-hydrogen) atoms. The summed E-state index contributed by atoms with van der Waals surface area (Å²) in [6.07, 6.45) is 0.723. The zero-order valence-electron chi connectivity index (χ0n) is 14.2. The average molecular weight is 369 g/mol. The maximum absolute atomic E-state index is 12.1. The van der Waals surface area contributed by atoms with Crippen LogP contribution in [0.2, 0.25) is 5.15 Å². The number of ether oxygens (including phenoxy) is 2. The molecule has 0 saturated carbocycles. The molecular weight excluding hydrogens is 352 g/mol. The van der Waals surface area contributed by atoms with Gasteiger partial charge in [0.1, 0.15) is 11.8 Å². The third-order valence-electron chi connectivity index (χ3n) is 4.49. The molecule has 0 saturated heterocycles. The zero-order valence-corrected chi connectivity index (χ0v) is 15.0. The quantitative estimate of drug-likeness (QED) is 0.659. The van der Waals surface area contributed by atoms with Crippen molar-refractivity contribution in [2.45, 2.75) is 19.6 Å². The topological polar surface area (TPSA) is 53.4 Å². The van der Waals surface area contributed by atoms with Crippen LogP contribution in [0.5, 0.6) is 11.5 Å². The van der Waals surface area contributed by atoms with Crippen LogP contribution < -0.4 is 15.2 Å². The summed E-state index contributed by atoms with van der Waals surface area (Å²) in [5.41, 5.74) is 3.50. The van der Waals surface area contributed by atoms with E-state index in [1.165, 1.54) is 0 Å². The Hall–Kier alpha value is -2.79. The van der Waals surface area contributed by atoms with E-state index >= 15 is 0 Å². The molecule has 0 unspecified atom stereocenters. The van der Waals surface area contributed by atoms with Gasteiger partial charge in [-0.1, -0.05) is 41.9 Å². The maximum atomic E-state index is 12.1. The second kappa shape index (κ2) is 6.84. The van der Waals surface area contributed by atoms with Gasteiger partial charge in [-0.15, -0.1) is 0 Å². The number of methoxy groups -OCH3 is 1. The van der Waals surface area contributed by atoms with E-state index in [0.717, 1.165) is 28.8 Å². The van der Waals surface area contributed by atoms with Crippen LogP contribution in [-0.4, -0.2) is 16.7 Å². The number of aromatic nitrogens is 2. The lowest BCUT2D eigenvalue weighted by molar-refractivity contribution is 0.284. The molecule has 0 spiro atoms. The van der Waals surface area contributed by atoms with Gasteiger partial charge in [0, 0.05) is 18.2 Å². The van der Waals surface area contributed by atoms with Gasteiger partial charge in [0.15, 0.2) is 11.5 Å². The number of halogens is 1. The van der Waals surface area contributed by atoms with Gasteiger partial charge in [-0.25, -0.2) is 4.79 Å². The van der Waals surface area contributed by atoms with Gasteiger partial charge in [0.05, 0.1) is 12.8 Å². The van der Waals surface area contributed by atoms with Crippen molar-refractivity contribution in [1.29, 1.82) is 0 Å². The molecule has 1 aliphatic heterocycles. The molecule has 5 nitrogen and oxygen atoms in total. The summed E-state index contributed by atoms with van der Waals surface area (Å²) in [5, 5.41) is 0.191. The first-order valence-corrected chi connectivity index (χ1v) is 8.69. The first-order chi connectivity index (χ1) is 12.7. The lowest BCUT2D eigenvalue weighted by Gasteiger charge is -2.23. The summed E-state index contributed by atoms with van der Waals surface area (Å²) < 4.78 is 13.1. The van der Waals surface area contributed by atoms with Crippen molar-refractivity contribution in [3.05, 3.63) is 75.3 Å². The van der Waals surface area contributed by atoms with E-state index in [0.29, 0.717) is 24.7 Å². The monoisotopic (exact) mass is 368 g/mol. The number of aryl methyl sites for hydroxylation is 1. The first-order valence-electron chi connectivity index (χ1n) is 8.31. The average Bonchev–Trinajstić information content (AvgIpc) is 2.66. The van der Waals surface area contributed by atoms with Crippen LogP contribution in [-0.2, 0) is 19.6 Å². The fourth-order valence-electron chi connectivity index (χ4n) is 3.20. The van der Waals surface area contributed by atoms with Crippen molar-refractivity contribution in [2.75, 3.05) is 7.11 Å². The predicted octanol–water partition coefficient (Wildman–Crippen LogP) is 3.71. The molecule has 6 heteroatoms. The molecule has 1 aromatic heterocycles. The van der Waals surface area contributed by atoms with Crippen LogP contribution in [0.1, 0.15) is 11.1 Å². The molecule has 1 aliphatic rings. The summed E-state index contributed by atoms with van der Waals surface area (Å²) in [6, 6.07) is 15.5. The Balaban J connectivity index is 1.76. The zero-order chi connectivity index (χ0) is 18.1. The summed E-state index contributed by atoms with van der Waals surface area (Å²) in [4.78, 5) is 15.9. The molecular formula is C20H17ClN2O3. The molecule has 0 radical (unpaired) electrons. The van der Waals surface area contributed by atoms with Crippen LogP contribution in [0, 0.1) is 0 Å². The van der Waals surface area contributed by atoms with Gasteiger partial charge in [0.2, 0.25) is 0 Å². The molecule has 2 aromatic carbocycles. The van der Waals surface area contributed by atoms with Crippen LogP contribution in [0.3, 0.4) is 0 Å². The molecule has 0 bridgehead atoms. The summed E-state index contributed by atoms with van der Waals surface area (Å²) >= 11 is 6.01. The number of rotatable bonds is 4. The SMILES string of the molecule is COc1cc2c(cc1OCc1ccccc1)-c1cc(Cl)nc(=O)n1CC2. The minimum absolute atomic E-state index is 0.191. The number of hydrogen-bond acceptors (Lipinski definition) is 4. The minimum atomic E-state index is -0.333. The van der Waals surface area contributed by atoms with E-state index in [-0.39, 0.29) is 10.8 Å². The minimum Gasteiger partial charge on any atom is -0.493 e. The highest BCUT2D eigenvalue weighted by Gasteiger charge is 2.21. The lowest BCUT2D eigenvalue weighted by atomic mass is 9.97. The highest BCUT2D eigenvalue weighted by atomic mass is 35.5. The third kappa shape index (κ3) is 3.06. The van der Waals surface area contributed by atoms with Crippen LogP contribution in [0.4, 0.5) is 0 Å². The van der Waals surface area contributed by atoms with Gasteiger partial charge in [-0.2, -0.15) is 4.98 Å². The number of hydrogen-bond donors (Lipinski definition) is 0. The molecule has 0 amide bonds. The van der Waals surface area contributed by atoms with E-state index in [1.807, 2.05) is 42.5 Å². The fraction of sp³-hybridized carbons (Fsp3) is 0.200. The van der Waals surface area contributed by atoms with Crippen LogP contribution in [0.15, 0.2) is 53.3 Å². The van der Waals surface area contributed by atoms with Crippen molar-refractivity contribution < 1.29 is 9.47 Å². The Morgan fingerprint density at radius 3 is 2.73 bits per heavy atom. The second-order valence-electron chi connectivity index (χ2n) is 6.08. The van der Waals surface area contributed by atoms with Gasteiger partial charge in [-0.05, 0) is 29.7 Å². The molecule has 2 heterocycles. The molecule has 0 aliphatic carbocycles. The van der Waals surface area contributed by atoms with E-state index in [4.69, 9.17) is 21.1 Å². The van der Waals surface area contributed by atoms with Crippen molar-refractivity contribution in [2.24, 2.45) is 0 Å². The van der Waals surface area contributed by atoms with Crippen LogP contribution in [0.25, 0.3) is 11.3 Å². The smallest absolute Gasteiger partial charge is 0.349 e. The van der Waals surface area contributed by atoms with Gasteiger partial charge >= 0.3 is 5.69 Å². The molecule has 0 atom stereocenters. The Morgan fingerprint density at radius 2 is 1.96 bits per heavy atom. The summed E-state index contributed by atoms with van der Waals surface area (Å²) in [5.74, 6) is 1.31. The van der Waals surface area contributed by atoms with E-state index in [1.54, 1.807) is 17.7 Å². The standard InChI is InChI=1S/C20H17ClN2O3/c1-25-17-9-14-7-8-23-16(11-19(21)22-20(23)24)15(14)10-18(17)26-12-13-5-3-2-4-6-13/h2-6,9-11H,7-8,12H2,1H3. The van der Waals surface area contributed by atoms with Gasteiger partial charge in [0.25, 0.3) is 0 Å². The van der Waals surface area contributed by atoms with Crippen molar-refractivity contribution in [3.8, 4) is 22.8 Å².